The molecule has 0 bridgehead atoms. The molecule has 140 valence electrons. The van der Waals surface area contributed by atoms with E-state index in [2.05, 4.69) is 34.5 Å². The molecule has 2 aromatic carbocycles. The summed E-state index contributed by atoms with van der Waals surface area (Å²) in [7, 11) is 0. The van der Waals surface area contributed by atoms with Crippen LogP contribution in [0.4, 0.5) is 11.4 Å². The van der Waals surface area contributed by atoms with Crippen molar-refractivity contribution in [2.24, 2.45) is 0 Å². The molecule has 26 heavy (non-hydrogen) atoms. The summed E-state index contributed by atoms with van der Waals surface area (Å²) in [6, 6.07) is 12.0. The fraction of sp³-hybridized carbons (Fsp3) is 0.400. The second-order valence-electron chi connectivity index (χ2n) is 6.54. The SMILES string of the molecule is CC(C)Oc1c(Cl)cc(Cl)cc1CNc1ccc(N2CCOCC2)cc1. The Labute approximate surface area is 165 Å². The van der Waals surface area contributed by atoms with Crippen molar-refractivity contribution >= 4 is 34.6 Å². The van der Waals surface area contributed by atoms with Gasteiger partial charge in [-0.2, -0.15) is 0 Å². The van der Waals surface area contributed by atoms with Crippen LogP contribution in [0.2, 0.25) is 10.0 Å². The first kappa shape index (κ1) is 19.2. The van der Waals surface area contributed by atoms with Crippen molar-refractivity contribution in [3.8, 4) is 5.75 Å². The minimum absolute atomic E-state index is 0.0419. The number of hydrogen-bond donors (Lipinski definition) is 1. The van der Waals surface area contributed by atoms with E-state index in [1.807, 2.05) is 19.9 Å². The van der Waals surface area contributed by atoms with E-state index in [0.29, 0.717) is 22.3 Å². The zero-order valence-corrected chi connectivity index (χ0v) is 16.6. The number of hydrogen-bond acceptors (Lipinski definition) is 4. The molecule has 6 heteroatoms. The van der Waals surface area contributed by atoms with Crippen LogP contribution in [-0.4, -0.2) is 32.4 Å². The third-order valence-corrected chi connectivity index (χ3v) is 4.66. The Morgan fingerprint density at radius 2 is 1.81 bits per heavy atom. The van der Waals surface area contributed by atoms with Gasteiger partial charge in [-0.15, -0.1) is 0 Å². The normalized spacial score (nSPS) is 14.6. The molecule has 0 atom stereocenters. The minimum atomic E-state index is 0.0419. The standard InChI is InChI=1S/C20H24Cl2N2O2/c1-14(2)26-20-15(11-16(21)12-19(20)22)13-23-17-3-5-18(6-4-17)24-7-9-25-10-8-24/h3-6,11-12,14,23H,7-10,13H2,1-2H3. The highest BCUT2D eigenvalue weighted by Crippen LogP contribution is 2.34. The quantitative estimate of drug-likeness (QED) is 0.726. The van der Waals surface area contributed by atoms with Gasteiger partial charge in [0.2, 0.25) is 0 Å². The van der Waals surface area contributed by atoms with Gasteiger partial charge in [-0.05, 0) is 50.2 Å². The minimum Gasteiger partial charge on any atom is -0.489 e. The van der Waals surface area contributed by atoms with Crippen LogP contribution >= 0.6 is 23.2 Å². The first-order chi connectivity index (χ1) is 12.5. The van der Waals surface area contributed by atoms with E-state index >= 15 is 0 Å². The maximum atomic E-state index is 6.31. The average Bonchev–Trinajstić information content (AvgIpc) is 2.63. The molecule has 0 radical (unpaired) electrons. The first-order valence-electron chi connectivity index (χ1n) is 8.84. The van der Waals surface area contributed by atoms with E-state index in [4.69, 9.17) is 32.7 Å². The van der Waals surface area contributed by atoms with Crippen molar-refractivity contribution in [3.63, 3.8) is 0 Å². The number of nitrogens with zero attached hydrogens (tertiary/aromatic N) is 1. The molecule has 2 aromatic rings. The van der Waals surface area contributed by atoms with E-state index in [9.17, 15) is 0 Å². The Bertz CT molecular complexity index is 729. The third kappa shape index (κ3) is 4.97. The summed E-state index contributed by atoms with van der Waals surface area (Å²) in [6.07, 6.45) is 0.0419. The topological polar surface area (TPSA) is 33.7 Å². The maximum absolute atomic E-state index is 6.31. The van der Waals surface area contributed by atoms with E-state index in [0.717, 1.165) is 37.6 Å². The van der Waals surface area contributed by atoms with Crippen LogP contribution in [0.15, 0.2) is 36.4 Å². The smallest absolute Gasteiger partial charge is 0.143 e. The van der Waals surface area contributed by atoms with E-state index in [1.165, 1.54) is 5.69 Å². The van der Waals surface area contributed by atoms with Crippen molar-refractivity contribution in [2.45, 2.75) is 26.5 Å². The molecule has 3 rings (SSSR count). The predicted octanol–water partition coefficient (Wildman–Crippen LogP) is 5.23. The van der Waals surface area contributed by atoms with Crippen LogP contribution in [0.25, 0.3) is 0 Å². The van der Waals surface area contributed by atoms with Gasteiger partial charge in [0, 0.05) is 41.6 Å². The largest absolute Gasteiger partial charge is 0.489 e. The second kappa shape index (κ2) is 8.85. The Balaban J connectivity index is 1.68. The lowest BCUT2D eigenvalue weighted by atomic mass is 10.2. The van der Waals surface area contributed by atoms with Gasteiger partial charge in [-0.3, -0.25) is 0 Å². The first-order valence-corrected chi connectivity index (χ1v) is 9.60. The number of ether oxygens (including phenoxy) is 2. The molecule has 4 nitrogen and oxygen atoms in total. The van der Waals surface area contributed by atoms with Crippen LogP contribution in [0.1, 0.15) is 19.4 Å². The third-order valence-electron chi connectivity index (χ3n) is 4.17. The summed E-state index contributed by atoms with van der Waals surface area (Å²) in [5.41, 5.74) is 3.19. The van der Waals surface area contributed by atoms with Gasteiger partial charge in [0.15, 0.2) is 0 Å². The lowest BCUT2D eigenvalue weighted by molar-refractivity contribution is 0.122. The molecule has 0 saturated carbocycles. The fourth-order valence-electron chi connectivity index (χ4n) is 2.92. The van der Waals surface area contributed by atoms with E-state index in [1.54, 1.807) is 6.07 Å². The predicted molar refractivity (Wildman–Crippen MR) is 109 cm³/mol. The Kier molecular flexibility index (Phi) is 6.52. The summed E-state index contributed by atoms with van der Waals surface area (Å²) < 4.78 is 11.3. The van der Waals surface area contributed by atoms with Gasteiger partial charge < -0.3 is 19.7 Å². The molecular weight excluding hydrogens is 371 g/mol. The van der Waals surface area contributed by atoms with Crippen LogP contribution in [-0.2, 0) is 11.3 Å². The fourth-order valence-corrected chi connectivity index (χ4v) is 3.50. The molecule has 0 unspecified atom stereocenters. The zero-order chi connectivity index (χ0) is 18.5. The number of anilines is 2. The van der Waals surface area contributed by atoms with Crippen molar-refractivity contribution in [3.05, 3.63) is 52.0 Å². The summed E-state index contributed by atoms with van der Waals surface area (Å²) in [5, 5.41) is 4.55. The summed E-state index contributed by atoms with van der Waals surface area (Å²) in [6.45, 7) is 7.98. The molecule has 1 N–H and O–H groups in total. The second-order valence-corrected chi connectivity index (χ2v) is 7.39. The van der Waals surface area contributed by atoms with Crippen molar-refractivity contribution in [2.75, 3.05) is 36.5 Å². The summed E-state index contributed by atoms with van der Waals surface area (Å²) in [5.74, 6) is 0.684. The van der Waals surface area contributed by atoms with Gasteiger partial charge in [-0.25, -0.2) is 0 Å². The summed E-state index contributed by atoms with van der Waals surface area (Å²) in [4.78, 5) is 2.33. The zero-order valence-electron chi connectivity index (χ0n) is 15.1. The number of nitrogens with one attached hydrogen (secondary N) is 1. The molecule has 0 amide bonds. The van der Waals surface area contributed by atoms with Gasteiger partial charge in [0.05, 0.1) is 24.3 Å². The van der Waals surface area contributed by atoms with Crippen LogP contribution in [0.5, 0.6) is 5.75 Å². The lowest BCUT2D eigenvalue weighted by Gasteiger charge is -2.29. The van der Waals surface area contributed by atoms with Crippen LogP contribution in [0.3, 0.4) is 0 Å². The highest BCUT2D eigenvalue weighted by molar-refractivity contribution is 6.35. The highest BCUT2D eigenvalue weighted by atomic mass is 35.5. The van der Waals surface area contributed by atoms with Gasteiger partial charge in [0.25, 0.3) is 0 Å². The Morgan fingerprint density at radius 3 is 2.46 bits per heavy atom. The number of halogens is 2. The van der Waals surface area contributed by atoms with Crippen molar-refractivity contribution in [1.29, 1.82) is 0 Å². The molecule has 0 aromatic heterocycles. The van der Waals surface area contributed by atoms with Crippen molar-refractivity contribution in [1.82, 2.24) is 0 Å². The van der Waals surface area contributed by atoms with Crippen LogP contribution in [0, 0.1) is 0 Å². The Morgan fingerprint density at radius 1 is 1.12 bits per heavy atom. The van der Waals surface area contributed by atoms with Gasteiger partial charge in [0.1, 0.15) is 5.75 Å². The number of rotatable bonds is 6. The molecule has 1 fully saturated rings. The average molecular weight is 395 g/mol. The van der Waals surface area contributed by atoms with Gasteiger partial charge in [-0.1, -0.05) is 23.2 Å². The summed E-state index contributed by atoms with van der Waals surface area (Å²) >= 11 is 12.5. The number of morpholine rings is 1. The molecular formula is C20H24Cl2N2O2. The maximum Gasteiger partial charge on any atom is 0.143 e. The molecule has 0 aliphatic carbocycles. The van der Waals surface area contributed by atoms with Gasteiger partial charge >= 0.3 is 0 Å². The van der Waals surface area contributed by atoms with Crippen LogP contribution < -0.4 is 15.0 Å². The number of benzene rings is 2. The molecule has 1 aliphatic rings. The van der Waals surface area contributed by atoms with Crippen molar-refractivity contribution < 1.29 is 9.47 Å². The molecule has 0 spiro atoms. The molecule has 1 heterocycles. The van der Waals surface area contributed by atoms with E-state index in [-0.39, 0.29) is 6.10 Å². The molecule has 1 aliphatic heterocycles. The van der Waals surface area contributed by atoms with E-state index < -0.39 is 0 Å². The monoisotopic (exact) mass is 394 g/mol. The Hall–Kier alpha value is -1.62. The lowest BCUT2D eigenvalue weighted by Crippen LogP contribution is -2.36. The molecule has 1 saturated heterocycles. The highest BCUT2D eigenvalue weighted by Gasteiger charge is 2.13.